The predicted octanol–water partition coefficient (Wildman–Crippen LogP) is 0.475. The molecule has 0 aliphatic heterocycles. The van der Waals surface area contributed by atoms with Gasteiger partial charge in [-0.3, -0.25) is 9.59 Å². The van der Waals surface area contributed by atoms with Gasteiger partial charge >= 0.3 is 0 Å². The number of amides is 1. The second kappa shape index (κ2) is 6.11. The molecule has 1 N–H and O–H groups in total. The summed E-state index contributed by atoms with van der Waals surface area (Å²) >= 11 is 0. The van der Waals surface area contributed by atoms with Crippen molar-refractivity contribution in [2.75, 3.05) is 5.32 Å². The molecule has 3 aromatic heterocycles. The van der Waals surface area contributed by atoms with E-state index >= 15 is 0 Å². The van der Waals surface area contributed by atoms with Crippen molar-refractivity contribution in [2.45, 2.75) is 38.3 Å². The fourth-order valence-electron chi connectivity index (χ4n) is 3.25. The topological polar surface area (TPSA) is 113 Å². The van der Waals surface area contributed by atoms with Gasteiger partial charge in [0.15, 0.2) is 5.65 Å². The van der Waals surface area contributed by atoms with Gasteiger partial charge in [-0.2, -0.15) is 10.2 Å². The molecule has 4 rings (SSSR count). The molecule has 10 heteroatoms. The number of fused-ring (bicyclic) bond motifs is 1. The molecule has 0 unspecified atom stereocenters. The molecule has 0 atom stereocenters. The van der Waals surface area contributed by atoms with Crippen molar-refractivity contribution in [3.8, 4) is 0 Å². The fourth-order valence-corrected chi connectivity index (χ4v) is 3.25. The van der Waals surface area contributed by atoms with Crippen molar-refractivity contribution < 1.29 is 4.79 Å². The molecule has 10 nitrogen and oxygen atoms in total. The summed E-state index contributed by atoms with van der Waals surface area (Å²) in [5.41, 5.74) is -0.00137. The molecule has 0 aromatic carbocycles. The van der Waals surface area contributed by atoms with Crippen LogP contribution in [0.15, 0.2) is 23.3 Å². The zero-order valence-electron chi connectivity index (χ0n) is 13.8. The van der Waals surface area contributed by atoms with Gasteiger partial charge in [0.05, 0.1) is 18.4 Å². The lowest BCUT2D eigenvalue weighted by molar-refractivity contribution is -0.117. The number of aryl methyl sites for hydroxylation is 1. The minimum Gasteiger partial charge on any atom is -0.309 e. The molecule has 1 saturated carbocycles. The summed E-state index contributed by atoms with van der Waals surface area (Å²) in [5, 5.41) is 19.2. The maximum absolute atomic E-state index is 12.4. The van der Waals surface area contributed by atoms with Crippen LogP contribution in [0.3, 0.4) is 0 Å². The highest BCUT2D eigenvalue weighted by atomic mass is 16.2. The van der Waals surface area contributed by atoms with Gasteiger partial charge in [0.25, 0.3) is 5.56 Å². The number of anilines is 1. The monoisotopic (exact) mass is 342 g/mol. The third kappa shape index (κ3) is 2.79. The fraction of sp³-hybridized carbons (Fsp3) is 0.467. The number of carbonyl (C=O) groups excluding carboxylic acids is 1. The van der Waals surface area contributed by atoms with E-state index in [4.69, 9.17) is 0 Å². The van der Waals surface area contributed by atoms with E-state index in [0.717, 1.165) is 17.5 Å². The minimum atomic E-state index is -0.391. The van der Waals surface area contributed by atoms with E-state index in [1.165, 1.54) is 23.7 Å². The summed E-state index contributed by atoms with van der Waals surface area (Å²) in [4.78, 5) is 24.7. The number of carbonyl (C=O) groups is 1. The number of hydrogen-bond acceptors (Lipinski definition) is 6. The zero-order valence-corrected chi connectivity index (χ0v) is 13.8. The van der Waals surface area contributed by atoms with Crippen molar-refractivity contribution in [3.63, 3.8) is 0 Å². The Bertz CT molecular complexity index is 979. The minimum absolute atomic E-state index is 0.216. The van der Waals surface area contributed by atoms with E-state index in [2.05, 4.69) is 25.8 Å². The molecule has 0 saturated heterocycles. The van der Waals surface area contributed by atoms with Crippen molar-refractivity contribution in [2.24, 2.45) is 7.05 Å². The lowest BCUT2D eigenvalue weighted by Crippen LogP contribution is -2.31. The molecule has 3 heterocycles. The van der Waals surface area contributed by atoms with Crippen LogP contribution in [0.4, 0.5) is 5.82 Å². The van der Waals surface area contributed by atoms with Crippen LogP contribution in [0.1, 0.15) is 31.7 Å². The standard InChI is InChI=1S/C15H18N8O2/c1-21-14-11(8-17-21)15(25)22(20-19-14)9-13(24)18-12-6-7-16-23(12)10-4-2-3-5-10/h6-8,10H,2-5,9H2,1H3,(H,18,24). The van der Waals surface area contributed by atoms with Crippen LogP contribution < -0.4 is 10.9 Å². The van der Waals surface area contributed by atoms with Gasteiger partial charge in [-0.25, -0.2) is 14.0 Å². The highest BCUT2D eigenvalue weighted by Gasteiger charge is 2.21. The molecule has 1 aliphatic rings. The highest BCUT2D eigenvalue weighted by molar-refractivity contribution is 5.89. The molecule has 1 amide bonds. The molecule has 3 aromatic rings. The molecule has 0 bridgehead atoms. The third-order valence-electron chi connectivity index (χ3n) is 4.52. The van der Waals surface area contributed by atoms with Crippen molar-refractivity contribution in [1.29, 1.82) is 0 Å². The first-order valence-electron chi connectivity index (χ1n) is 8.22. The Balaban J connectivity index is 1.52. The summed E-state index contributed by atoms with van der Waals surface area (Å²) in [6.45, 7) is -0.216. The molecule has 25 heavy (non-hydrogen) atoms. The van der Waals surface area contributed by atoms with E-state index in [0.29, 0.717) is 22.9 Å². The highest BCUT2D eigenvalue weighted by Crippen LogP contribution is 2.31. The molecular weight excluding hydrogens is 324 g/mol. The van der Waals surface area contributed by atoms with Crippen LogP contribution in [0.5, 0.6) is 0 Å². The second-order valence-corrected chi connectivity index (χ2v) is 6.21. The van der Waals surface area contributed by atoms with Gasteiger partial charge in [0.2, 0.25) is 5.91 Å². The summed E-state index contributed by atoms with van der Waals surface area (Å²) in [6, 6.07) is 2.08. The molecule has 0 spiro atoms. The summed E-state index contributed by atoms with van der Waals surface area (Å²) in [6.07, 6.45) is 7.57. The largest absolute Gasteiger partial charge is 0.309 e. The van der Waals surface area contributed by atoms with E-state index in [1.807, 2.05) is 4.68 Å². The Kier molecular flexibility index (Phi) is 3.79. The number of nitrogens with one attached hydrogen (secondary N) is 1. The summed E-state index contributed by atoms with van der Waals surface area (Å²) in [5.74, 6) is 0.291. The second-order valence-electron chi connectivity index (χ2n) is 6.21. The van der Waals surface area contributed by atoms with E-state index in [9.17, 15) is 9.59 Å². The van der Waals surface area contributed by atoms with Gasteiger partial charge < -0.3 is 5.32 Å². The van der Waals surface area contributed by atoms with Crippen molar-refractivity contribution in [3.05, 3.63) is 28.8 Å². The number of rotatable bonds is 4. The van der Waals surface area contributed by atoms with Crippen LogP contribution in [-0.4, -0.2) is 40.5 Å². The number of nitrogens with zero attached hydrogens (tertiary/aromatic N) is 7. The maximum atomic E-state index is 12.4. The smallest absolute Gasteiger partial charge is 0.281 e. The first-order valence-corrected chi connectivity index (χ1v) is 8.22. The van der Waals surface area contributed by atoms with Crippen LogP contribution in [0.2, 0.25) is 0 Å². The van der Waals surface area contributed by atoms with Gasteiger partial charge in [-0.15, -0.1) is 5.10 Å². The molecule has 0 radical (unpaired) electrons. The SMILES string of the molecule is Cn1ncc2c(=O)n(CC(=O)Nc3ccnn3C3CCCC3)nnc21. The van der Waals surface area contributed by atoms with Gasteiger partial charge in [-0.1, -0.05) is 18.1 Å². The average molecular weight is 342 g/mol. The van der Waals surface area contributed by atoms with Crippen molar-refractivity contribution in [1.82, 2.24) is 34.6 Å². The van der Waals surface area contributed by atoms with Gasteiger partial charge in [0, 0.05) is 13.1 Å². The quantitative estimate of drug-likeness (QED) is 0.738. The number of hydrogen-bond donors (Lipinski definition) is 1. The third-order valence-corrected chi connectivity index (χ3v) is 4.52. The molecule has 1 fully saturated rings. The predicted molar refractivity (Wildman–Crippen MR) is 88.9 cm³/mol. The Hall–Kier alpha value is -3.04. The molecule has 130 valence electrons. The van der Waals surface area contributed by atoms with E-state index < -0.39 is 5.56 Å². The van der Waals surface area contributed by atoms with Crippen LogP contribution >= 0.6 is 0 Å². The summed E-state index contributed by atoms with van der Waals surface area (Å²) in [7, 11) is 1.68. The first-order chi connectivity index (χ1) is 12.1. The number of aromatic nitrogens is 7. The lowest BCUT2D eigenvalue weighted by atomic mass is 10.2. The Morgan fingerprint density at radius 3 is 2.92 bits per heavy atom. The van der Waals surface area contributed by atoms with Crippen molar-refractivity contribution >= 4 is 22.8 Å². The summed E-state index contributed by atoms with van der Waals surface area (Å²) < 4.78 is 4.35. The molecule has 1 aliphatic carbocycles. The zero-order chi connectivity index (χ0) is 17.4. The first kappa shape index (κ1) is 15.5. The van der Waals surface area contributed by atoms with Crippen LogP contribution in [-0.2, 0) is 18.4 Å². The normalized spacial score (nSPS) is 15.1. The van der Waals surface area contributed by atoms with Crippen LogP contribution in [0, 0.1) is 0 Å². The van der Waals surface area contributed by atoms with Gasteiger partial charge in [-0.05, 0) is 12.8 Å². The Labute approximate surface area is 142 Å². The lowest BCUT2D eigenvalue weighted by Gasteiger charge is -2.14. The average Bonchev–Trinajstić information content (AvgIpc) is 3.31. The van der Waals surface area contributed by atoms with Crippen LogP contribution in [0.25, 0.3) is 11.0 Å². The van der Waals surface area contributed by atoms with E-state index in [-0.39, 0.29) is 12.5 Å². The van der Waals surface area contributed by atoms with E-state index in [1.54, 1.807) is 19.3 Å². The van der Waals surface area contributed by atoms with Gasteiger partial charge in [0.1, 0.15) is 17.7 Å². The Morgan fingerprint density at radius 2 is 2.12 bits per heavy atom. The Morgan fingerprint density at radius 1 is 1.32 bits per heavy atom. The molecular formula is C15H18N8O2. The maximum Gasteiger partial charge on any atom is 0.281 e.